The van der Waals surface area contributed by atoms with Crippen molar-refractivity contribution in [2.45, 2.75) is 26.7 Å². The fourth-order valence-electron chi connectivity index (χ4n) is 2.00. The van der Waals surface area contributed by atoms with Gasteiger partial charge in [0.25, 0.3) is 6.01 Å². The van der Waals surface area contributed by atoms with Crippen LogP contribution in [0.15, 0.2) is 22.7 Å². The number of nitrogens with two attached hydrogens (primary N) is 1. The second kappa shape index (κ2) is 4.72. The molecule has 0 aliphatic carbocycles. The molecule has 0 unspecified atom stereocenters. The Hall–Kier alpha value is -1.97. The minimum absolute atomic E-state index is 0.186. The average molecular weight is 246 g/mol. The van der Waals surface area contributed by atoms with E-state index in [9.17, 15) is 0 Å². The predicted molar refractivity (Wildman–Crippen MR) is 71.7 cm³/mol. The summed E-state index contributed by atoms with van der Waals surface area (Å²) in [6, 6.07) is 4.29. The van der Waals surface area contributed by atoms with Crippen LogP contribution in [-0.4, -0.2) is 12.1 Å². The highest BCUT2D eigenvalue weighted by Crippen LogP contribution is 2.34. The molecule has 18 heavy (non-hydrogen) atoms. The van der Waals surface area contributed by atoms with Gasteiger partial charge < -0.3 is 14.9 Å². The number of oxazole rings is 1. The van der Waals surface area contributed by atoms with E-state index < -0.39 is 0 Å². The summed E-state index contributed by atoms with van der Waals surface area (Å²) in [5, 5.41) is 0. The minimum atomic E-state index is 0.186. The molecule has 1 aromatic carbocycles. The Labute approximate surface area is 107 Å². The van der Waals surface area contributed by atoms with Crippen molar-refractivity contribution in [2.24, 2.45) is 0 Å². The van der Waals surface area contributed by atoms with Crippen LogP contribution in [-0.2, 0) is 0 Å². The van der Waals surface area contributed by atoms with Gasteiger partial charge in [0, 0.05) is 5.56 Å². The molecule has 1 heterocycles. The van der Waals surface area contributed by atoms with Gasteiger partial charge in [0.15, 0.2) is 5.76 Å². The maximum atomic E-state index is 5.52. The number of nitrogen functional groups attached to an aromatic ring is 1. The first-order chi connectivity index (χ1) is 8.52. The second-order valence-corrected chi connectivity index (χ2v) is 4.63. The monoisotopic (exact) mass is 246 g/mol. The van der Waals surface area contributed by atoms with E-state index in [1.165, 1.54) is 0 Å². The second-order valence-electron chi connectivity index (χ2n) is 4.63. The number of anilines is 1. The van der Waals surface area contributed by atoms with E-state index >= 15 is 0 Å². The summed E-state index contributed by atoms with van der Waals surface area (Å²) in [7, 11) is 1.69. The smallest absolute Gasteiger partial charge is 0.292 e. The van der Waals surface area contributed by atoms with Gasteiger partial charge in [-0.2, -0.15) is 0 Å². The van der Waals surface area contributed by atoms with Crippen molar-refractivity contribution in [3.05, 3.63) is 29.5 Å². The normalized spacial score (nSPS) is 10.9. The Kier molecular flexibility index (Phi) is 3.28. The SMILES string of the molecule is COc1cc(C)c(-c2cnc(N)o2)cc1C(C)C. The fraction of sp³-hybridized carbons (Fsp3) is 0.357. The molecule has 4 nitrogen and oxygen atoms in total. The summed E-state index contributed by atoms with van der Waals surface area (Å²) in [4.78, 5) is 3.93. The molecule has 0 saturated carbocycles. The summed E-state index contributed by atoms with van der Waals surface area (Å²) in [6.45, 7) is 6.28. The maximum Gasteiger partial charge on any atom is 0.292 e. The van der Waals surface area contributed by atoms with Crippen molar-refractivity contribution in [3.8, 4) is 17.1 Å². The van der Waals surface area contributed by atoms with E-state index in [1.807, 2.05) is 13.0 Å². The first-order valence-electron chi connectivity index (χ1n) is 5.93. The lowest BCUT2D eigenvalue weighted by atomic mass is 9.95. The number of hydrogen-bond acceptors (Lipinski definition) is 4. The summed E-state index contributed by atoms with van der Waals surface area (Å²) in [5.74, 6) is 1.97. The molecule has 0 bridgehead atoms. The van der Waals surface area contributed by atoms with Gasteiger partial charge in [-0.15, -0.1) is 0 Å². The molecule has 2 N–H and O–H groups in total. The van der Waals surface area contributed by atoms with Gasteiger partial charge in [-0.05, 0) is 36.1 Å². The van der Waals surface area contributed by atoms with Crippen LogP contribution in [0, 0.1) is 6.92 Å². The quantitative estimate of drug-likeness (QED) is 0.902. The van der Waals surface area contributed by atoms with Crippen LogP contribution in [0.5, 0.6) is 5.75 Å². The fourth-order valence-corrected chi connectivity index (χ4v) is 2.00. The van der Waals surface area contributed by atoms with Gasteiger partial charge in [-0.25, -0.2) is 4.98 Å². The molecule has 0 aliphatic heterocycles. The number of benzene rings is 1. The van der Waals surface area contributed by atoms with Crippen LogP contribution in [0.1, 0.15) is 30.9 Å². The lowest BCUT2D eigenvalue weighted by Crippen LogP contribution is -1.96. The Morgan fingerprint density at radius 1 is 1.33 bits per heavy atom. The van der Waals surface area contributed by atoms with Crippen molar-refractivity contribution < 1.29 is 9.15 Å². The lowest BCUT2D eigenvalue weighted by molar-refractivity contribution is 0.407. The first kappa shape index (κ1) is 12.5. The summed E-state index contributed by atoms with van der Waals surface area (Å²) < 4.78 is 10.8. The zero-order chi connectivity index (χ0) is 13.3. The minimum Gasteiger partial charge on any atom is -0.496 e. The van der Waals surface area contributed by atoms with E-state index in [2.05, 4.69) is 24.9 Å². The first-order valence-corrected chi connectivity index (χ1v) is 5.93. The molecule has 0 fully saturated rings. The predicted octanol–water partition coefficient (Wildman–Crippen LogP) is 3.36. The van der Waals surface area contributed by atoms with E-state index in [1.54, 1.807) is 13.3 Å². The molecule has 0 saturated heterocycles. The van der Waals surface area contributed by atoms with E-state index in [0.29, 0.717) is 11.7 Å². The van der Waals surface area contributed by atoms with Crippen LogP contribution in [0.25, 0.3) is 11.3 Å². The summed E-state index contributed by atoms with van der Waals surface area (Å²) >= 11 is 0. The highest BCUT2D eigenvalue weighted by Gasteiger charge is 2.14. The van der Waals surface area contributed by atoms with Crippen LogP contribution >= 0.6 is 0 Å². The van der Waals surface area contributed by atoms with Crippen LogP contribution < -0.4 is 10.5 Å². The molecule has 96 valence electrons. The molecule has 2 rings (SSSR count). The van der Waals surface area contributed by atoms with Crippen LogP contribution in [0.4, 0.5) is 6.01 Å². The Balaban J connectivity index is 2.58. The van der Waals surface area contributed by atoms with Gasteiger partial charge in [-0.1, -0.05) is 13.8 Å². The standard InChI is InChI=1S/C14H18N2O2/c1-8(2)10-6-11(9(3)5-12(10)17-4)13-7-16-14(15)18-13/h5-8H,1-4H3,(H2,15,16). The Bertz CT molecular complexity index is 559. The van der Waals surface area contributed by atoms with Crippen molar-refractivity contribution in [1.82, 2.24) is 4.98 Å². The van der Waals surface area contributed by atoms with Gasteiger partial charge in [-0.3, -0.25) is 0 Å². The van der Waals surface area contributed by atoms with E-state index in [-0.39, 0.29) is 6.01 Å². The zero-order valence-corrected chi connectivity index (χ0v) is 11.2. The molecular weight excluding hydrogens is 228 g/mol. The Morgan fingerprint density at radius 2 is 2.06 bits per heavy atom. The molecule has 0 amide bonds. The number of aryl methyl sites for hydroxylation is 1. The molecule has 1 aromatic heterocycles. The molecule has 0 spiro atoms. The molecule has 2 aromatic rings. The van der Waals surface area contributed by atoms with Gasteiger partial charge in [0.1, 0.15) is 5.75 Å². The van der Waals surface area contributed by atoms with Gasteiger partial charge in [0.05, 0.1) is 13.3 Å². The third-order valence-electron chi connectivity index (χ3n) is 2.99. The lowest BCUT2D eigenvalue weighted by Gasteiger charge is -2.15. The third-order valence-corrected chi connectivity index (χ3v) is 2.99. The topological polar surface area (TPSA) is 61.3 Å². The average Bonchev–Trinajstić information content (AvgIpc) is 2.74. The van der Waals surface area contributed by atoms with E-state index in [4.69, 9.17) is 14.9 Å². The van der Waals surface area contributed by atoms with E-state index in [0.717, 1.165) is 22.4 Å². The van der Waals surface area contributed by atoms with Crippen LogP contribution in [0.2, 0.25) is 0 Å². The number of rotatable bonds is 3. The van der Waals surface area contributed by atoms with Gasteiger partial charge >= 0.3 is 0 Å². The number of aromatic nitrogens is 1. The van der Waals surface area contributed by atoms with Crippen molar-refractivity contribution >= 4 is 6.01 Å². The van der Waals surface area contributed by atoms with Crippen molar-refractivity contribution in [2.75, 3.05) is 12.8 Å². The Morgan fingerprint density at radius 3 is 2.56 bits per heavy atom. The maximum absolute atomic E-state index is 5.52. The highest BCUT2D eigenvalue weighted by atomic mass is 16.5. The molecule has 0 radical (unpaired) electrons. The number of methoxy groups -OCH3 is 1. The molecule has 4 heteroatoms. The molecular formula is C14H18N2O2. The number of hydrogen-bond donors (Lipinski definition) is 1. The van der Waals surface area contributed by atoms with Crippen molar-refractivity contribution in [1.29, 1.82) is 0 Å². The molecule has 0 atom stereocenters. The number of nitrogens with zero attached hydrogens (tertiary/aromatic N) is 1. The van der Waals surface area contributed by atoms with Gasteiger partial charge in [0.2, 0.25) is 0 Å². The van der Waals surface area contributed by atoms with Crippen LogP contribution in [0.3, 0.4) is 0 Å². The van der Waals surface area contributed by atoms with Crippen molar-refractivity contribution in [3.63, 3.8) is 0 Å². The number of ether oxygens (including phenoxy) is 1. The summed E-state index contributed by atoms with van der Waals surface area (Å²) in [5.41, 5.74) is 8.74. The third kappa shape index (κ3) is 2.18. The summed E-state index contributed by atoms with van der Waals surface area (Å²) in [6.07, 6.45) is 1.65. The molecule has 0 aliphatic rings. The largest absolute Gasteiger partial charge is 0.496 e. The zero-order valence-electron chi connectivity index (χ0n) is 11.2. The highest BCUT2D eigenvalue weighted by molar-refractivity contribution is 5.65.